The summed E-state index contributed by atoms with van der Waals surface area (Å²) < 4.78 is 14.9. The Hall–Kier alpha value is -1.53. The van der Waals surface area contributed by atoms with Crippen LogP contribution in [0.3, 0.4) is 0 Å². The minimum Gasteiger partial charge on any atom is -0.258 e. The highest BCUT2D eigenvalue weighted by atomic mass is 32.2. The molecule has 0 aliphatic heterocycles. The van der Waals surface area contributed by atoms with Gasteiger partial charge in [0.05, 0.1) is 9.82 Å². The van der Waals surface area contributed by atoms with Crippen molar-refractivity contribution in [2.24, 2.45) is 0 Å². The van der Waals surface area contributed by atoms with Crippen molar-refractivity contribution >= 4 is 16.7 Å². The highest BCUT2D eigenvalue weighted by molar-refractivity contribution is 7.83. The van der Waals surface area contributed by atoms with Gasteiger partial charge >= 0.3 is 0 Å². The lowest BCUT2D eigenvalue weighted by Crippen LogP contribution is -2.19. The van der Waals surface area contributed by atoms with Crippen LogP contribution in [-0.4, -0.2) is 15.7 Å². The van der Waals surface area contributed by atoms with Crippen molar-refractivity contribution in [2.45, 2.75) is 37.0 Å². The lowest BCUT2D eigenvalue weighted by atomic mass is 9.97. The van der Waals surface area contributed by atoms with E-state index in [1.807, 2.05) is 0 Å². The molecule has 0 radical (unpaired) electrons. The number of hydrogen-bond acceptors (Lipinski definition) is 3. The Morgan fingerprint density at radius 2 is 2.20 bits per heavy atom. The van der Waals surface area contributed by atoms with Crippen LogP contribution in [0.5, 0.6) is 0 Å². The summed E-state index contributed by atoms with van der Waals surface area (Å²) in [5.74, 6) is 0. The Morgan fingerprint density at radius 3 is 2.90 bits per heavy atom. The van der Waals surface area contributed by atoms with E-state index >= 15 is 0 Å². The molecular formula is C14H18N2O3S. The van der Waals surface area contributed by atoms with E-state index in [4.69, 9.17) is 0 Å². The Morgan fingerprint density at radius 1 is 1.35 bits per heavy atom. The molecule has 1 aromatic rings. The number of benzene rings is 1. The van der Waals surface area contributed by atoms with Crippen molar-refractivity contribution < 1.29 is 9.13 Å². The number of nitro benzene ring substituents is 1. The Labute approximate surface area is 120 Å². The summed E-state index contributed by atoms with van der Waals surface area (Å²) in [6, 6.07) is 5.93. The van der Waals surface area contributed by atoms with Crippen molar-refractivity contribution in [2.75, 3.05) is 6.54 Å². The van der Waals surface area contributed by atoms with Gasteiger partial charge in [0.1, 0.15) is 11.0 Å². The lowest BCUT2D eigenvalue weighted by Gasteiger charge is -2.12. The summed E-state index contributed by atoms with van der Waals surface area (Å²) in [6.07, 6.45) is 7.92. The van der Waals surface area contributed by atoms with Crippen LogP contribution in [0.2, 0.25) is 0 Å². The first-order chi connectivity index (χ1) is 9.66. The first-order valence-corrected chi connectivity index (χ1v) is 7.89. The van der Waals surface area contributed by atoms with Gasteiger partial charge in [0.15, 0.2) is 0 Å². The van der Waals surface area contributed by atoms with Gasteiger partial charge in [-0.2, -0.15) is 0 Å². The topological polar surface area (TPSA) is 72.2 Å². The number of nitrogens with one attached hydrogen (secondary N) is 1. The Kier molecular flexibility index (Phi) is 5.43. The van der Waals surface area contributed by atoms with Crippen LogP contribution in [0.4, 0.5) is 5.69 Å². The summed E-state index contributed by atoms with van der Waals surface area (Å²) in [5, 5.41) is 10.7. The quantitative estimate of drug-likeness (QED) is 0.498. The summed E-state index contributed by atoms with van der Waals surface area (Å²) in [5.41, 5.74) is 1.38. The van der Waals surface area contributed by atoms with Gasteiger partial charge in [0, 0.05) is 18.7 Å². The van der Waals surface area contributed by atoms with Crippen molar-refractivity contribution in [3.63, 3.8) is 0 Å². The zero-order chi connectivity index (χ0) is 14.4. The highest BCUT2D eigenvalue weighted by Gasteiger charge is 2.10. The minimum atomic E-state index is -1.40. The van der Waals surface area contributed by atoms with Gasteiger partial charge in [-0.15, -0.1) is 0 Å². The molecule has 0 saturated heterocycles. The van der Waals surface area contributed by atoms with E-state index in [0.717, 1.165) is 19.3 Å². The predicted octanol–water partition coefficient (Wildman–Crippen LogP) is 3.10. The summed E-state index contributed by atoms with van der Waals surface area (Å²) in [6.45, 7) is 0.626. The van der Waals surface area contributed by atoms with E-state index in [1.54, 1.807) is 12.1 Å². The molecule has 0 amide bonds. The van der Waals surface area contributed by atoms with Gasteiger partial charge in [0.25, 0.3) is 5.69 Å². The maximum Gasteiger partial charge on any atom is 0.270 e. The maximum absolute atomic E-state index is 12.0. The van der Waals surface area contributed by atoms with Crippen LogP contribution in [-0.2, 0) is 11.0 Å². The second kappa shape index (κ2) is 7.31. The Bertz CT molecular complexity index is 543. The predicted molar refractivity (Wildman–Crippen MR) is 78.7 cm³/mol. The number of allylic oxidation sites excluding steroid dienone is 1. The normalized spacial score (nSPS) is 16.5. The smallest absolute Gasteiger partial charge is 0.258 e. The zero-order valence-electron chi connectivity index (χ0n) is 11.2. The molecule has 6 heteroatoms. The molecule has 0 saturated carbocycles. The van der Waals surface area contributed by atoms with Crippen molar-refractivity contribution in [1.29, 1.82) is 0 Å². The molecule has 0 bridgehead atoms. The Balaban J connectivity index is 1.86. The van der Waals surface area contributed by atoms with E-state index in [9.17, 15) is 14.3 Å². The maximum atomic E-state index is 12.0. The summed E-state index contributed by atoms with van der Waals surface area (Å²) in [4.78, 5) is 10.6. The van der Waals surface area contributed by atoms with E-state index < -0.39 is 15.9 Å². The fourth-order valence-corrected chi connectivity index (χ4v) is 3.12. The van der Waals surface area contributed by atoms with Crippen LogP contribution in [0.1, 0.15) is 32.1 Å². The third-order valence-corrected chi connectivity index (χ3v) is 4.46. The van der Waals surface area contributed by atoms with Crippen molar-refractivity contribution in [3.05, 3.63) is 46.0 Å². The van der Waals surface area contributed by atoms with Crippen LogP contribution in [0.15, 0.2) is 40.8 Å². The highest BCUT2D eigenvalue weighted by Crippen LogP contribution is 2.20. The average molecular weight is 294 g/mol. The fraction of sp³-hybridized carbons (Fsp3) is 0.429. The molecule has 2 rings (SSSR count). The zero-order valence-corrected chi connectivity index (χ0v) is 12.0. The SMILES string of the molecule is O=[N+]([O-])c1cccc(S(=O)NCCC2=CCCCC2)c1. The number of hydrogen-bond donors (Lipinski definition) is 1. The molecule has 5 nitrogen and oxygen atoms in total. The van der Waals surface area contributed by atoms with Gasteiger partial charge < -0.3 is 0 Å². The molecule has 1 unspecified atom stereocenters. The van der Waals surface area contributed by atoms with Crippen molar-refractivity contribution in [3.8, 4) is 0 Å². The molecule has 108 valence electrons. The standard InChI is InChI=1S/C14H18N2O3S/c17-16(18)13-7-4-8-14(11-13)20(19)15-10-9-12-5-2-1-3-6-12/h4-5,7-8,11,15H,1-3,6,9-10H2. The number of nitro groups is 1. The van der Waals surface area contributed by atoms with Crippen molar-refractivity contribution in [1.82, 2.24) is 4.72 Å². The van der Waals surface area contributed by atoms with Gasteiger partial charge in [-0.1, -0.05) is 17.7 Å². The number of non-ortho nitro benzene ring substituents is 1. The lowest BCUT2D eigenvalue weighted by molar-refractivity contribution is -0.385. The molecule has 0 fully saturated rings. The largest absolute Gasteiger partial charge is 0.270 e. The van der Waals surface area contributed by atoms with E-state index in [0.29, 0.717) is 11.4 Å². The summed E-state index contributed by atoms with van der Waals surface area (Å²) >= 11 is 0. The van der Waals surface area contributed by atoms with Crippen LogP contribution >= 0.6 is 0 Å². The second-order valence-electron chi connectivity index (χ2n) is 4.78. The molecule has 20 heavy (non-hydrogen) atoms. The third kappa shape index (κ3) is 4.25. The molecule has 1 aliphatic carbocycles. The van der Waals surface area contributed by atoms with Crippen LogP contribution in [0, 0.1) is 10.1 Å². The molecule has 1 aliphatic rings. The molecule has 0 aromatic heterocycles. The van der Waals surface area contributed by atoms with Gasteiger partial charge in [-0.05, 0) is 38.2 Å². The second-order valence-corrected chi connectivity index (χ2v) is 6.07. The van der Waals surface area contributed by atoms with Crippen LogP contribution in [0.25, 0.3) is 0 Å². The van der Waals surface area contributed by atoms with E-state index in [2.05, 4.69) is 10.8 Å². The molecule has 0 spiro atoms. The monoisotopic (exact) mass is 294 g/mol. The van der Waals surface area contributed by atoms with E-state index in [-0.39, 0.29) is 5.69 Å². The van der Waals surface area contributed by atoms with Gasteiger partial charge in [-0.3, -0.25) is 10.1 Å². The first-order valence-electron chi connectivity index (χ1n) is 6.74. The van der Waals surface area contributed by atoms with Gasteiger partial charge in [0.2, 0.25) is 0 Å². The fourth-order valence-electron chi connectivity index (χ4n) is 2.23. The third-order valence-electron chi connectivity index (χ3n) is 3.31. The number of nitrogens with zero attached hydrogens (tertiary/aromatic N) is 1. The average Bonchev–Trinajstić information content (AvgIpc) is 2.48. The minimum absolute atomic E-state index is 0.0346. The molecule has 0 heterocycles. The van der Waals surface area contributed by atoms with E-state index in [1.165, 1.54) is 30.5 Å². The van der Waals surface area contributed by atoms with Gasteiger partial charge in [-0.25, -0.2) is 8.93 Å². The molecule has 1 aromatic carbocycles. The first kappa shape index (κ1) is 14.9. The summed E-state index contributed by atoms with van der Waals surface area (Å²) in [7, 11) is -1.40. The molecule has 1 atom stereocenters. The molecular weight excluding hydrogens is 276 g/mol. The molecule has 1 N–H and O–H groups in total. The number of rotatable bonds is 6. The van der Waals surface area contributed by atoms with Crippen LogP contribution < -0.4 is 4.72 Å².